The van der Waals surface area contributed by atoms with Crippen LogP contribution in [0.25, 0.3) is 0 Å². The Hall–Kier alpha value is -1.60. The molecule has 17 heavy (non-hydrogen) atoms. The van der Waals surface area contributed by atoms with Crippen molar-refractivity contribution >= 4 is 11.9 Å². The Balaban J connectivity index is 2.23. The summed E-state index contributed by atoms with van der Waals surface area (Å²) in [5.41, 5.74) is 0.581. The zero-order chi connectivity index (χ0) is 12.6. The molecule has 0 radical (unpaired) electrons. The molecule has 2 rings (SSSR count). The first-order chi connectivity index (χ1) is 8.04. The van der Waals surface area contributed by atoms with Crippen molar-refractivity contribution in [3.63, 3.8) is 0 Å². The van der Waals surface area contributed by atoms with Gasteiger partial charge < -0.3 is 19.3 Å². The van der Waals surface area contributed by atoms with Crippen molar-refractivity contribution in [3.8, 4) is 0 Å². The summed E-state index contributed by atoms with van der Waals surface area (Å²) in [5.74, 6) is 0.228. The van der Waals surface area contributed by atoms with E-state index in [1.54, 1.807) is 20.2 Å². The molecule has 0 aromatic carbocycles. The van der Waals surface area contributed by atoms with E-state index in [0.717, 1.165) is 0 Å². The molecule has 1 aromatic rings. The van der Waals surface area contributed by atoms with Gasteiger partial charge in [0, 0.05) is 20.2 Å². The number of aliphatic hydroxyl groups is 1. The molecular formula is C10H15N3O4. The number of urea groups is 1. The standard InChI is InChI=1S/C10H15N3O4/c1-6(16-3)7-4-9(17-11-7)13-8(14)5-12(2)10(13)15/h4,6,8,14H,5H2,1-3H3. The van der Waals surface area contributed by atoms with E-state index in [2.05, 4.69) is 5.16 Å². The monoisotopic (exact) mass is 241 g/mol. The number of hydrogen-bond acceptors (Lipinski definition) is 5. The Kier molecular flexibility index (Phi) is 3.03. The molecule has 2 heterocycles. The lowest BCUT2D eigenvalue weighted by molar-refractivity contribution is 0.112. The number of rotatable bonds is 3. The van der Waals surface area contributed by atoms with Gasteiger partial charge in [-0.05, 0) is 6.92 Å². The first-order valence-corrected chi connectivity index (χ1v) is 5.26. The van der Waals surface area contributed by atoms with Crippen LogP contribution in [-0.4, -0.2) is 48.1 Å². The highest BCUT2D eigenvalue weighted by Gasteiger charge is 2.37. The quantitative estimate of drug-likeness (QED) is 0.837. The van der Waals surface area contributed by atoms with E-state index >= 15 is 0 Å². The highest BCUT2D eigenvalue weighted by molar-refractivity contribution is 5.93. The topological polar surface area (TPSA) is 79.0 Å². The molecule has 1 saturated heterocycles. The molecule has 7 nitrogen and oxygen atoms in total. The third-order valence-corrected chi connectivity index (χ3v) is 2.79. The van der Waals surface area contributed by atoms with Gasteiger partial charge in [-0.3, -0.25) is 0 Å². The smallest absolute Gasteiger partial charge is 0.329 e. The predicted octanol–water partition coefficient (Wildman–Crippen LogP) is 0.572. The summed E-state index contributed by atoms with van der Waals surface area (Å²) in [4.78, 5) is 14.3. The number of amides is 2. The van der Waals surface area contributed by atoms with Crippen molar-refractivity contribution in [1.82, 2.24) is 10.1 Å². The van der Waals surface area contributed by atoms with Crippen LogP contribution in [0.2, 0.25) is 0 Å². The zero-order valence-corrected chi connectivity index (χ0v) is 9.95. The molecule has 2 unspecified atom stereocenters. The molecule has 94 valence electrons. The molecule has 1 aliphatic heterocycles. The van der Waals surface area contributed by atoms with Gasteiger partial charge in [0.1, 0.15) is 5.69 Å². The molecule has 0 bridgehead atoms. The molecule has 2 atom stereocenters. The van der Waals surface area contributed by atoms with E-state index in [1.807, 2.05) is 6.92 Å². The fraction of sp³-hybridized carbons (Fsp3) is 0.600. The van der Waals surface area contributed by atoms with Gasteiger partial charge in [-0.15, -0.1) is 0 Å². The number of β-amino-alcohol motifs (C(OH)–C–C–N with tert-alkyl or cyclic N) is 1. The Bertz CT molecular complexity index is 419. The zero-order valence-electron chi connectivity index (χ0n) is 9.95. The number of nitrogens with zero attached hydrogens (tertiary/aromatic N) is 3. The summed E-state index contributed by atoms with van der Waals surface area (Å²) in [6.45, 7) is 2.06. The molecule has 1 aliphatic rings. The summed E-state index contributed by atoms with van der Waals surface area (Å²) < 4.78 is 10.1. The van der Waals surface area contributed by atoms with Gasteiger partial charge in [0.15, 0.2) is 6.23 Å². The third kappa shape index (κ3) is 1.98. The van der Waals surface area contributed by atoms with Gasteiger partial charge in [-0.2, -0.15) is 0 Å². The number of methoxy groups -OCH3 is 1. The number of aliphatic hydroxyl groups excluding tert-OH is 1. The van der Waals surface area contributed by atoms with Crippen molar-refractivity contribution in [1.29, 1.82) is 0 Å². The molecule has 0 aliphatic carbocycles. The number of hydrogen-bond donors (Lipinski definition) is 1. The number of aromatic nitrogens is 1. The minimum Gasteiger partial charge on any atom is -0.375 e. The summed E-state index contributed by atoms with van der Waals surface area (Å²) in [6, 6.07) is 1.28. The lowest BCUT2D eigenvalue weighted by Crippen LogP contribution is -2.33. The molecule has 2 amide bonds. The van der Waals surface area contributed by atoms with Crippen LogP contribution in [0.15, 0.2) is 10.6 Å². The van der Waals surface area contributed by atoms with Gasteiger partial charge in [0.05, 0.1) is 12.6 Å². The van der Waals surface area contributed by atoms with Gasteiger partial charge in [-0.25, -0.2) is 9.69 Å². The average Bonchev–Trinajstić information content (AvgIpc) is 2.85. The second kappa shape index (κ2) is 4.34. The van der Waals surface area contributed by atoms with Crippen LogP contribution >= 0.6 is 0 Å². The third-order valence-electron chi connectivity index (χ3n) is 2.79. The predicted molar refractivity (Wildman–Crippen MR) is 58.4 cm³/mol. The van der Waals surface area contributed by atoms with Crippen molar-refractivity contribution in [2.75, 3.05) is 25.6 Å². The maximum Gasteiger partial charge on any atom is 0.329 e. The fourth-order valence-electron chi connectivity index (χ4n) is 1.66. The highest BCUT2D eigenvalue weighted by Crippen LogP contribution is 2.26. The molecule has 1 N–H and O–H groups in total. The van der Waals surface area contributed by atoms with Crippen LogP contribution in [0, 0.1) is 0 Å². The van der Waals surface area contributed by atoms with Crippen LogP contribution < -0.4 is 4.90 Å². The molecule has 1 aromatic heterocycles. The molecular weight excluding hydrogens is 226 g/mol. The Morgan fingerprint density at radius 1 is 1.71 bits per heavy atom. The minimum absolute atomic E-state index is 0.222. The molecule has 7 heteroatoms. The Labute approximate surface area is 98.5 Å². The van der Waals surface area contributed by atoms with Crippen molar-refractivity contribution < 1.29 is 19.2 Å². The lowest BCUT2D eigenvalue weighted by atomic mass is 10.3. The normalized spacial score (nSPS) is 22.4. The summed E-state index contributed by atoms with van der Waals surface area (Å²) in [6.07, 6.45) is -1.13. The molecule has 0 spiro atoms. The number of carbonyl (C=O) groups excluding carboxylic acids is 1. The summed E-state index contributed by atoms with van der Waals surface area (Å²) >= 11 is 0. The molecule has 0 saturated carbocycles. The van der Waals surface area contributed by atoms with E-state index < -0.39 is 6.23 Å². The molecule has 1 fully saturated rings. The van der Waals surface area contributed by atoms with Crippen LogP contribution in [0.4, 0.5) is 10.7 Å². The first kappa shape index (κ1) is 11.9. The van der Waals surface area contributed by atoms with Crippen molar-refractivity contribution in [2.45, 2.75) is 19.3 Å². The van der Waals surface area contributed by atoms with Crippen molar-refractivity contribution in [2.24, 2.45) is 0 Å². The Morgan fingerprint density at radius 2 is 2.41 bits per heavy atom. The van der Waals surface area contributed by atoms with Crippen LogP contribution in [0.3, 0.4) is 0 Å². The van der Waals surface area contributed by atoms with Gasteiger partial charge >= 0.3 is 6.03 Å². The van der Waals surface area contributed by atoms with E-state index in [0.29, 0.717) is 5.69 Å². The number of carbonyl (C=O) groups is 1. The lowest BCUT2D eigenvalue weighted by Gasteiger charge is -2.14. The van der Waals surface area contributed by atoms with E-state index in [4.69, 9.17) is 9.26 Å². The first-order valence-electron chi connectivity index (χ1n) is 5.26. The summed E-state index contributed by atoms with van der Waals surface area (Å²) in [7, 11) is 3.17. The highest BCUT2D eigenvalue weighted by atomic mass is 16.5. The van der Waals surface area contributed by atoms with E-state index in [1.165, 1.54) is 9.80 Å². The number of likely N-dealkylation sites (N-methyl/N-ethyl adjacent to an activating group) is 1. The second-order valence-electron chi connectivity index (χ2n) is 3.98. The number of anilines is 1. The largest absolute Gasteiger partial charge is 0.375 e. The van der Waals surface area contributed by atoms with E-state index in [-0.39, 0.29) is 24.6 Å². The second-order valence-corrected chi connectivity index (χ2v) is 3.98. The van der Waals surface area contributed by atoms with Crippen molar-refractivity contribution in [3.05, 3.63) is 11.8 Å². The van der Waals surface area contributed by atoms with Gasteiger partial charge in [0.2, 0.25) is 5.88 Å². The van der Waals surface area contributed by atoms with Crippen LogP contribution in [0.1, 0.15) is 18.7 Å². The maximum absolute atomic E-state index is 11.7. The van der Waals surface area contributed by atoms with Gasteiger partial charge in [-0.1, -0.05) is 5.16 Å². The fourth-order valence-corrected chi connectivity index (χ4v) is 1.66. The number of ether oxygens (including phenoxy) is 1. The Morgan fingerprint density at radius 3 is 2.94 bits per heavy atom. The SMILES string of the molecule is COC(C)c1cc(N2C(=O)N(C)CC2O)on1. The average molecular weight is 241 g/mol. The van der Waals surface area contributed by atoms with Crippen LogP contribution in [0.5, 0.6) is 0 Å². The maximum atomic E-state index is 11.7. The van der Waals surface area contributed by atoms with Crippen LogP contribution in [-0.2, 0) is 4.74 Å². The summed E-state index contributed by atoms with van der Waals surface area (Å²) in [5, 5.41) is 13.5. The van der Waals surface area contributed by atoms with E-state index in [9.17, 15) is 9.90 Å². The van der Waals surface area contributed by atoms with Gasteiger partial charge in [0.25, 0.3) is 0 Å². The minimum atomic E-state index is -0.911.